The maximum atomic E-state index is 13.4. The molecule has 2 aliphatic rings. The third-order valence-corrected chi connectivity index (χ3v) is 6.36. The van der Waals surface area contributed by atoms with E-state index in [4.69, 9.17) is 5.73 Å². The third-order valence-electron chi connectivity index (χ3n) is 6.36. The summed E-state index contributed by atoms with van der Waals surface area (Å²) in [5.41, 5.74) is 6.85. The number of carbonyl (C=O) groups excluding carboxylic acids is 1. The number of rotatable bonds is 6. The molecule has 4 nitrogen and oxygen atoms in total. The molecule has 1 aliphatic heterocycles. The molecule has 3 N–H and O–H groups in total. The molecule has 1 heterocycles. The summed E-state index contributed by atoms with van der Waals surface area (Å²) in [7, 11) is 0. The topological polar surface area (TPSA) is 58.4 Å². The van der Waals surface area contributed by atoms with Crippen LogP contribution in [0.5, 0.6) is 0 Å². The first-order valence-corrected chi connectivity index (χ1v) is 10.6. The largest absolute Gasteiger partial charge is 0.354 e. The minimum atomic E-state index is -0.214. The number of nitrogens with zero attached hydrogens (tertiary/aromatic N) is 1. The summed E-state index contributed by atoms with van der Waals surface area (Å²) in [5.74, 6) is 0.658. The van der Waals surface area contributed by atoms with Gasteiger partial charge in [-0.15, -0.1) is 0 Å². The third kappa shape index (κ3) is 5.76. The Morgan fingerprint density at radius 2 is 1.70 bits per heavy atom. The van der Waals surface area contributed by atoms with E-state index in [0.717, 1.165) is 50.9 Å². The number of nitrogens with one attached hydrogen (secondary N) is 1. The van der Waals surface area contributed by atoms with E-state index in [1.165, 1.54) is 37.8 Å². The fourth-order valence-electron chi connectivity index (χ4n) is 4.55. The Morgan fingerprint density at radius 3 is 2.30 bits per heavy atom. The Kier molecular flexibility index (Phi) is 7.65. The Bertz CT molecular complexity index is 576. The van der Waals surface area contributed by atoms with Crippen LogP contribution < -0.4 is 11.1 Å². The highest BCUT2D eigenvalue weighted by Gasteiger charge is 2.27. The van der Waals surface area contributed by atoms with E-state index >= 15 is 0 Å². The summed E-state index contributed by atoms with van der Waals surface area (Å²) >= 11 is 0. The lowest BCUT2D eigenvalue weighted by atomic mass is 9.81. The summed E-state index contributed by atoms with van der Waals surface area (Å²) in [4.78, 5) is 15.2. The standard InChI is InChI=1S/C22H34FN3O/c23-20-11-9-18(10-12-20)21(26-13-3-1-2-4-14-26)16-25-22(27)19-7-5-17(15-24)6-8-19/h9-12,17,19,21H,1-8,13-16,24H2,(H,25,27)/t17?,19?,21-/m1/s1. The Hall–Kier alpha value is -1.46. The molecular weight excluding hydrogens is 341 g/mol. The highest BCUT2D eigenvalue weighted by molar-refractivity contribution is 5.78. The van der Waals surface area contributed by atoms with Gasteiger partial charge in [-0.25, -0.2) is 4.39 Å². The van der Waals surface area contributed by atoms with Gasteiger partial charge in [0, 0.05) is 12.5 Å². The predicted molar refractivity (Wildman–Crippen MR) is 107 cm³/mol. The van der Waals surface area contributed by atoms with Crippen LogP contribution >= 0.6 is 0 Å². The van der Waals surface area contributed by atoms with Gasteiger partial charge in [-0.05, 0) is 81.8 Å². The summed E-state index contributed by atoms with van der Waals surface area (Å²) in [6, 6.07) is 6.90. The van der Waals surface area contributed by atoms with Crippen molar-refractivity contribution in [3.63, 3.8) is 0 Å². The summed E-state index contributed by atoms with van der Waals surface area (Å²) in [6.45, 7) is 3.41. The molecule has 1 aliphatic carbocycles. The van der Waals surface area contributed by atoms with E-state index in [2.05, 4.69) is 10.2 Å². The Balaban J connectivity index is 1.62. The zero-order valence-electron chi connectivity index (χ0n) is 16.3. The number of hydrogen-bond acceptors (Lipinski definition) is 3. The van der Waals surface area contributed by atoms with Crippen molar-refractivity contribution < 1.29 is 9.18 Å². The molecule has 0 spiro atoms. The van der Waals surface area contributed by atoms with Crippen molar-refractivity contribution in [2.45, 2.75) is 57.4 Å². The lowest BCUT2D eigenvalue weighted by molar-refractivity contribution is -0.126. The van der Waals surface area contributed by atoms with Crippen LogP contribution in [0.4, 0.5) is 4.39 Å². The van der Waals surface area contributed by atoms with Crippen LogP contribution in [0.1, 0.15) is 63.0 Å². The van der Waals surface area contributed by atoms with Crippen molar-refractivity contribution >= 4 is 5.91 Å². The molecule has 1 aromatic carbocycles. The number of benzene rings is 1. The van der Waals surface area contributed by atoms with Gasteiger partial charge in [0.2, 0.25) is 5.91 Å². The van der Waals surface area contributed by atoms with E-state index < -0.39 is 0 Å². The molecule has 1 atom stereocenters. The van der Waals surface area contributed by atoms with Gasteiger partial charge in [0.05, 0.1) is 6.04 Å². The number of carbonyl (C=O) groups is 1. The van der Waals surface area contributed by atoms with Crippen LogP contribution in [0.3, 0.4) is 0 Å². The van der Waals surface area contributed by atoms with Gasteiger partial charge in [0.1, 0.15) is 5.82 Å². The zero-order valence-corrected chi connectivity index (χ0v) is 16.3. The van der Waals surface area contributed by atoms with Crippen molar-refractivity contribution in [3.05, 3.63) is 35.6 Å². The number of halogens is 1. The predicted octanol–water partition coefficient (Wildman–Crippen LogP) is 3.62. The summed E-state index contributed by atoms with van der Waals surface area (Å²) in [5, 5.41) is 3.21. The molecule has 0 unspecified atom stereocenters. The van der Waals surface area contributed by atoms with E-state index in [1.54, 1.807) is 0 Å². The van der Waals surface area contributed by atoms with Gasteiger partial charge in [-0.3, -0.25) is 9.69 Å². The second kappa shape index (κ2) is 10.2. The van der Waals surface area contributed by atoms with Crippen molar-refractivity contribution in [1.29, 1.82) is 0 Å². The average molecular weight is 376 g/mol. The highest BCUT2D eigenvalue weighted by atomic mass is 19.1. The smallest absolute Gasteiger partial charge is 0.223 e. The van der Waals surface area contributed by atoms with Crippen molar-refractivity contribution in [2.75, 3.05) is 26.2 Å². The molecule has 1 saturated carbocycles. The Morgan fingerprint density at radius 1 is 1.07 bits per heavy atom. The number of likely N-dealkylation sites (tertiary alicyclic amines) is 1. The molecule has 0 radical (unpaired) electrons. The minimum absolute atomic E-state index is 0.116. The van der Waals surface area contributed by atoms with Gasteiger partial charge in [-0.1, -0.05) is 25.0 Å². The van der Waals surface area contributed by atoms with E-state index in [9.17, 15) is 9.18 Å². The van der Waals surface area contributed by atoms with Crippen molar-refractivity contribution in [2.24, 2.45) is 17.6 Å². The second-order valence-electron chi connectivity index (χ2n) is 8.22. The number of amides is 1. The zero-order chi connectivity index (χ0) is 19.1. The van der Waals surface area contributed by atoms with Gasteiger partial charge < -0.3 is 11.1 Å². The average Bonchev–Trinajstić information content (AvgIpc) is 2.99. The van der Waals surface area contributed by atoms with Gasteiger partial charge in [0.15, 0.2) is 0 Å². The lowest BCUT2D eigenvalue weighted by Gasteiger charge is -2.32. The van der Waals surface area contributed by atoms with Crippen LogP contribution in [-0.4, -0.2) is 37.0 Å². The molecule has 5 heteroatoms. The van der Waals surface area contributed by atoms with Gasteiger partial charge in [-0.2, -0.15) is 0 Å². The molecule has 150 valence electrons. The molecule has 1 amide bonds. The first-order chi connectivity index (χ1) is 13.2. The maximum Gasteiger partial charge on any atom is 0.223 e. The van der Waals surface area contributed by atoms with Gasteiger partial charge in [0.25, 0.3) is 0 Å². The van der Waals surface area contributed by atoms with Crippen LogP contribution in [0.15, 0.2) is 24.3 Å². The molecule has 2 fully saturated rings. The van der Waals surface area contributed by atoms with Gasteiger partial charge >= 0.3 is 0 Å². The molecule has 1 saturated heterocycles. The second-order valence-corrected chi connectivity index (χ2v) is 8.22. The van der Waals surface area contributed by atoms with Crippen LogP contribution in [0.2, 0.25) is 0 Å². The van der Waals surface area contributed by atoms with E-state index in [0.29, 0.717) is 12.5 Å². The fraction of sp³-hybridized carbons (Fsp3) is 0.682. The quantitative estimate of drug-likeness (QED) is 0.798. The van der Waals surface area contributed by atoms with E-state index in [-0.39, 0.29) is 23.7 Å². The maximum absolute atomic E-state index is 13.4. The van der Waals surface area contributed by atoms with Crippen LogP contribution in [0.25, 0.3) is 0 Å². The monoisotopic (exact) mass is 375 g/mol. The molecular formula is C22H34FN3O. The molecule has 1 aromatic rings. The fourth-order valence-corrected chi connectivity index (χ4v) is 4.55. The van der Waals surface area contributed by atoms with Crippen LogP contribution in [-0.2, 0) is 4.79 Å². The van der Waals surface area contributed by atoms with Crippen molar-refractivity contribution in [3.8, 4) is 0 Å². The summed E-state index contributed by atoms with van der Waals surface area (Å²) in [6.07, 6.45) is 8.91. The molecule has 3 rings (SSSR count). The van der Waals surface area contributed by atoms with Crippen molar-refractivity contribution in [1.82, 2.24) is 10.2 Å². The number of hydrogen-bond donors (Lipinski definition) is 2. The van der Waals surface area contributed by atoms with Crippen LogP contribution in [0, 0.1) is 17.7 Å². The summed E-state index contributed by atoms with van der Waals surface area (Å²) < 4.78 is 13.4. The lowest BCUT2D eigenvalue weighted by Crippen LogP contribution is -2.41. The number of nitrogens with two attached hydrogens (primary N) is 1. The highest BCUT2D eigenvalue weighted by Crippen LogP contribution is 2.29. The molecule has 0 aromatic heterocycles. The SMILES string of the molecule is NCC1CCC(C(=O)NC[C@H](c2ccc(F)cc2)N2CCCCCC2)CC1. The Labute approximate surface area is 162 Å². The molecule has 0 bridgehead atoms. The normalized spacial score (nSPS) is 25.6. The molecule has 27 heavy (non-hydrogen) atoms. The first kappa shape index (κ1) is 20.3. The first-order valence-electron chi connectivity index (χ1n) is 10.6. The van der Waals surface area contributed by atoms with E-state index in [1.807, 2.05) is 12.1 Å². The minimum Gasteiger partial charge on any atom is -0.354 e.